The molecular weight excluding hydrogens is 286 g/mol. The van der Waals surface area contributed by atoms with Gasteiger partial charge in [-0.1, -0.05) is 58.4 Å². The molecule has 0 spiro atoms. The van der Waals surface area contributed by atoms with Crippen LogP contribution in [-0.2, 0) is 12.8 Å². The molecule has 2 heteroatoms. The van der Waals surface area contributed by atoms with Gasteiger partial charge in [0.05, 0.1) is 0 Å². The van der Waals surface area contributed by atoms with Gasteiger partial charge < -0.3 is 5.32 Å². The third-order valence-corrected chi connectivity index (χ3v) is 4.37. The van der Waals surface area contributed by atoms with Gasteiger partial charge in [0.1, 0.15) is 0 Å². The molecule has 0 saturated carbocycles. The van der Waals surface area contributed by atoms with Crippen LogP contribution in [0.2, 0.25) is 0 Å². The van der Waals surface area contributed by atoms with Crippen molar-refractivity contribution in [2.24, 2.45) is 0 Å². The maximum atomic E-state index is 3.64. The molecule has 2 aromatic carbocycles. The van der Waals surface area contributed by atoms with E-state index < -0.39 is 0 Å². The molecule has 92 valence electrons. The Bertz CT molecular complexity index is 550. The van der Waals surface area contributed by atoms with Crippen molar-refractivity contribution < 1.29 is 0 Å². The molecule has 1 unspecified atom stereocenters. The average Bonchev–Trinajstić information content (AvgIpc) is 2.42. The quantitative estimate of drug-likeness (QED) is 0.888. The van der Waals surface area contributed by atoms with Crippen LogP contribution in [0.3, 0.4) is 0 Å². The van der Waals surface area contributed by atoms with E-state index in [1.54, 1.807) is 0 Å². The fourth-order valence-corrected chi connectivity index (χ4v) is 3.11. The molecule has 18 heavy (non-hydrogen) atoms. The van der Waals surface area contributed by atoms with Crippen LogP contribution in [0.4, 0.5) is 0 Å². The molecule has 3 rings (SSSR count). The Morgan fingerprint density at radius 3 is 2.72 bits per heavy atom. The van der Waals surface area contributed by atoms with Crippen LogP contribution in [0.25, 0.3) is 0 Å². The van der Waals surface area contributed by atoms with E-state index >= 15 is 0 Å². The van der Waals surface area contributed by atoms with Crippen molar-refractivity contribution in [3.63, 3.8) is 0 Å². The Morgan fingerprint density at radius 2 is 1.83 bits per heavy atom. The zero-order chi connectivity index (χ0) is 12.4. The Kier molecular flexibility index (Phi) is 3.48. The smallest absolute Gasteiger partial charge is 0.0364 e. The Labute approximate surface area is 116 Å². The maximum Gasteiger partial charge on any atom is 0.0364 e. The van der Waals surface area contributed by atoms with E-state index in [0.29, 0.717) is 6.04 Å². The van der Waals surface area contributed by atoms with E-state index in [1.165, 1.54) is 21.2 Å². The molecule has 2 aromatic rings. The molecule has 1 nitrogen and oxygen atoms in total. The van der Waals surface area contributed by atoms with E-state index in [4.69, 9.17) is 0 Å². The van der Waals surface area contributed by atoms with E-state index in [1.807, 2.05) is 0 Å². The van der Waals surface area contributed by atoms with E-state index in [9.17, 15) is 0 Å². The first-order valence-corrected chi connectivity index (χ1v) is 7.18. The number of hydrogen-bond acceptors (Lipinski definition) is 1. The summed E-state index contributed by atoms with van der Waals surface area (Å²) in [5, 5.41) is 3.63. The lowest BCUT2D eigenvalue weighted by Crippen LogP contribution is -2.31. The van der Waals surface area contributed by atoms with Crippen LogP contribution >= 0.6 is 15.9 Å². The van der Waals surface area contributed by atoms with Crippen molar-refractivity contribution in [1.29, 1.82) is 0 Å². The van der Waals surface area contributed by atoms with Gasteiger partial charge in [-0.15, -0.1) is 0 Å². The molecule has 1 aliphatic rings. The lowest BCUT2D eigenvalue weighted by atomic mass is 9.90. The summed E-state index contributed by atoms with van der Waals surface area (Å²) in [7, 11) is 0. The minimum atomic E-state index is 0.439. The SMILES string of the molecule is Brc1ccccc1CC1NCCc2ccccc21. The van der Waals surface area contributed by atoms with Crippen molar-refractivity contribution >= 4 is 15.9 Å². The molecule has 0 saturated heterocycles. The third-order valence-electron chi connectivity index (χ3n) is 3.60. The number of benzene rings is 2. The fourth-order valence-electron chi connectivity index (χ4n) is 2.66. The van der Waals surface area contributed by atoms with Crippen molar-refractivity contribution in [2.45, 2.75) is 18.9 Å². The monoisotopic (exact) mass is 301 g/mol. The summed E-state index contributed by atoms with van der Waals surface area (Å²) in [4.78, 5) is 0. The third kappa shape index (κ3) is 2.36. The molecule has 0 radical (unpaired) electrons. The van der Waals surface area contributed by atoms with Crippen LogP contribution in [-0.4, -0.2) is 6.54 Å². The largest absolute Gasteiger partial charge is 0.309 e. The van der Waals surface area contributed by atoms with Crippen molar-refractivity contribution in [3.05, 3.63) is 69.7 Å². The van der Waals surface area contributed by atoms with E-state index in [0.717, 1.165) is 19.4 Å². The molecule has 0 aromatic heterocycles. The number of rotatable bonds is 2. The predicted octanol–water partition coefficient (Wildman–Crippen LogP) is 3.88. The van der Waals surface area contributed by atoms with Gasteiger partial charge in [0.15, 0.2) is 0 Å². The number of fused-ring (bicyclic) bond motifs is 1. The van der Waals surface area contributed by atoms with Crippen LogP contribution in [0.15, 0.2) is 53.0 Å². The maximum absolute atomic E-state index is 3.64. The highest BCUT2D eigenvalue weighted by Gasteiger charge is 2.19. The first kappa shape index (κ1) is 11.9. The summed E-state index contributed by atoms with van der Waals surface area (Å²) in [6.07, 6.45) is 2.18. The van der Waals surface area contributed by atoms with Crippen LogP contribution in [0.5, 0.6) is 0 Å². The Morgan fingerprint density at radius 1 is 1.06 bits per heavy atom. The number of halogens is 1. The van der Waals surface area contributed by atoms with Crippen LogP contribution < -0.4 is 5.32 Å². The standard InChI is InChI=1S/C16H16BrN/c17-15-8-4-2-6-13(15)11-16-14-7-3-1-5-12(14)9-10-18-16/h1-8,16,18H,9-11H2. The highest BCUT2D eigenvalue weighted by molar-refractivity contribution is 9.10. The molecule has 1 aliphatic heterocycles. The summed E-state index contributed by atoms with van der Waals surface area (Å²) in [6, 6.07) is 17.7. The van der Waals surface area contributed by atoms with Gasteiger partial charge in [-0.25, -0.2) is 0 Å². The molecule has 0 aliphatic carbocycles. The highest BCUT2D eigenvalue weighted by Crippen LogP contribution is 2.28. The second-order valence-electron chi connectivity index (χ2n) is 4.75. The van der Waals surface area contributed by atoms with Crippen molar-refractivity contribution in [1.82, 2.24) is 5.32 Å². The van der Waals surface area contributed by atoms with E-state index in [-0.39, 0.29) is 0 Å². The molecule has 1 N–H and O–H groups in total. The minimum Gasteiger partial charge on any atom is -0.309 e. The summed E-state index contributed by atoms with van der Waals surface area (Å²) in [5.41, 5.74) is 4.32. The number of nitrogens with one attached hydrogen (secondary N) is 1. The van der Waals surface area contributed by atoms with Gasteiger partial charge >= 0.3 is 0 Å². The lowest BCUT2D eigenvalue weighted by Gasteiger charge is -2.27. The first-order chi connectivity index (χ1) is 8.84. The molecule has 0 fully saturated rings. The molecule has 0 amide bonds. The molecular formula is C16H16BrN. The van der Waals surface area contributed by atoms with Gasteiger partial charge in [0.25, 0.3) is 0 Å². The topological polar surface area (TPSA) is 12.0 Å². The van der Waals surface area contributed by atoms with Crippen molar-refractivity contribution in [2.75, 3.05) is 6.54 Å². The summed E-state index contributed by atoms with van der Waals surface area (Å²) in [6.45, 7) is 1.08. The fraction of sp³-hybridized carbons (Fsp3) is 0.250. The van der Waals surface area contributed by atoms with Gasteiger partial charge in [-0.3, -0.25) is 0 Å². The van der Waals surface area contributed by atoms with Gasteiger partial charge in [-0.2, -0.15) is 0 Å². The summed E-state index contributed by atoms with van der Waals surface area (Å²) < 4.78 is 1.20. The summed E-state index contributed by atoms with van der Waals surface area (Å²) in [5.74, 6) is 0. The zero-order valence-electron chi connectivity index (χ0n) is 10.2. The molecule has 1 heterocycles. The summed E-state index contributed by atoms with van der Waals surface area (Å²) >= 11 is 3.64. The van der Waals surface area contributed by atoms with Gasteiger partial charge in [0, 0.05) is 10.5 Å². The van der Waals surface area contributed by atoms with Gasteiger partial charge in [0.2, 0.25) is 0 Å². The first-order valence-electron chi connectivity index (χ1n) is 6.39. The number of hydrogen-bond donors (Lipinski definition) is 1. The zero-order valence-corrected chi connectivity index (χ0v) is 11.8. The van der Waals surface area contributed by atoms with Crippen LogP contribution in [0, 0.1) is 0 Å². The lowest BCUT2D eigenvalue weighted by molar-refractivity contribution is 0.502. The normalized spacial score (nSPS) is 18.4. The van der Waals surface area contributed by atoms with Crippen LogP contribution in [0.1, 0.15) is 22.7 Å². The highest BCUT2D eigenvalue weighted by atomic mass is 79.9. The Hall–Kier alpha value is -1.12. The van der Waals surface area contributed by atoms with E-state index in [2.05, 4.69) is 69.8 Å². The second-order valence-corrected chi connectivity index (χ2v) is 5.61. The second kappa shape index (κ2) is 5.25. The molecule has 0 bridgehead atoms. The Balaban J connectivity index is 1.89. The minimum absolute atomic E-state index is 0.439. The molecule has 1 atom stereocenters. The average molecular weight is 302 g/mol. The van der Waals surface area contributed by atoms with Gasteiger partial charge in [-0.05, 0) is 42.1 Å². The predicted molar refractivity (Wildman–Crippen MR) is 78.7 cm³/mol. The van der Waals surface area contributed by atoms with Crippen molar-refractivity contribution in [3.8, 4) is 0 Å².